The van der Waals surface area contributed by atoms with Crippen LogP contribution in [0.2, 0.25) is 5.02 Å². The quantitative estimate of drug-likeness (QED) is 0.785. The van der Waals surface area contributed by atoms with E-state index in [1.165, 1.54) is 0 Å². The van der Waals surface area contributed by atoms with E-state index < -0.39 is 5.82 Å². The Bertz CT molecular complexity index is 837. The van der Waals surface area contributed by atoms with E-state index in [0.29, 0.717) is 27.7 Å². The summed E-state index contributed by atoms with van der Waals surface area (Å²) in [5.74, 6) is -0.202. The maximum absolute atomic E-state index is 12.9. The van der Waals surface area contributed by atoms with Crippen LogP contribution in [0.25, 0.3) is 22.6 Å². The van der Waals surface area contributed by atoms with Gasteiger partial charge in [0.05, 0.1) is 12.4 Å². The van der Waals surface area contributed by atoms with Crippen molar-refractivity contribution in [2.75, 3.05) is 0 Å². The molecule has 0 radical (unpaired) electrons. The second-order valence-corrected chi connectivity index (χ2v) is 4.54. The minimum Gasteiger partial charge on any atom is -0.247 e. The number of nitriles is 1. The molecule has 0 saturated carbocycles. The number of hydrogen-bond donors (Lipinski definition) is 1. The first-order chi connectivity index (χ1) is 10.2. The molecule has 102 valence electrons. The number of rotatable bonds is 2. The smallest absolute Gasteiger partial charge is 0.163 e. The van der Waals surface area contributed by atoms with Gasteiger partial charge in [0.2, 0.25) is 0 Å². The summed E-state index contributed by atoms with van der Waals surface area (Å²) in [4.78, 5) is 7.80. The summed E-state index contributed by atoms with van der Waals surface area (Å²) in [5.41, 5.74) is 1.78. The van der Waals surface area contributed by atoms with E-state index in [4.69, 9.17) is 16.9 Å². The summed E-state index contributed by atoms with van der Waals surface area (Å²) in [7, 11) is 0. The number of aromatic amines is 1. The van der Waals surface area contributed by atoms with E-state index in [9.17, 15) is 4.39 Å². The van der Waals surface area contributed by atoms with Gasteiger partial charge in [0.15, 0.2) is 17.3 Å². The Kier molecular flexibility index (Phi) is 3.30. The monoisotopic (exact) mass is 300 g/mol. The number of nitrogens with zero attached hydrogens (tertiary/aromatic N) is 5. The van der Waals surface area contributed by atoms with Gasteiger partial charge in [0.1, 0.15) is 11.8 Å². The molecule has 1 aromatic carbocycles. The second-order valence-electron chi connectivity index (χ2n) is 4.10. The highest BCUT2D eigenvalue weighted by molar-refractivity contribution is 6.31. The topological polar surface area (TPSA) is 91.1 Å². The maximum Gasteiger partial charge on any atom is 0.163 e. The van der Waals surface area contributed by atoms with Gasteiger partial charge < -0.3 is 0 Å². The number of nitrogens with one attached hydrogen (secondary N) is 1. The summed E-state index contributed by atoms with van der Waals surface area (Å²) in [6, 6.07) is 6.95. The molecule has 2 heterocycles. The maximum atomic E-state index is 12.9. The average molecular weight is 301 g/mol. The normalized spacial score (nSPS) is 10.3. The molecule has 0 fully saturated rings. The fourth-order valence-corrected chi connectivity index (χ4v) is 2.06. The van der Waals surface area contributed by atoms with E-state index in [1.54, 1.807) is 18.2 Å². The third kappa shape index (κ3) is 2.57. The molecular formula is C13H6ClFN6. The van der Waals surface area contributed by atoms with Crippen LogP contribution in [0.4, 0.5) is 4.39 Å². The number of halogens is 2. The van der Waals surface area contributed by atoms with Gasteiger partial charge in [0, 0.05) is 16.1 Å². The van der Waals surface area contributed by atoms with E-state index >= 15 is 0 Å². The van der Waals surface area contributed by atoms with Crippen LogP contribution in [0.5, 0.6) is 0 Å². The van der Waals surface area contributed by atoms with Gasteiger partial charge in [-0.25, -0.2) is 19.5 Å². The number of hydrogen-bond acceptors (Lipinski definition) is 5. The molecule has 0 aliphatic rings. The molecule has 0 bridgehead atoms. The van der Waals surface area contributed by atoms with Crippen LogP contribution in [0.15, 0.2) is 30.6 Å². The van der Waals surface area contributed by atoms with Gasteiger partial charge in [0.25, 0.3) is 0 Å². The van der Waals surface area contributed by atoms with Crippen molar-refractivity contribution < 1.29 is 4.39 Å². The van der Waals surface area contributed by atoms with Crippen LogP contribution in [-0.4, -0.2) is 25.4 Å². The highest BCUT2D eigenvalue weighted by atomic mass is 35.5. The molecule has 0 spiro atoms. The number of benzene rings is 1. The molecule has 6 nitrogen and oxygen atoms in total. The van der Waals surface area contributed by atoms with Crippen molar-refractivity contribution in [2.24, 2.45) is 0 Å². The highest BCUT2D eigenvalue weighted by Gasteiger charge is 2.12. The summed E-state index contributed by atoms with van der Waals surface area (Å²) in [6.45, 7) is 0. The van der Waals surface area contributed by atoms with Crippen LogP contribution >= 0.6 is 11.6 Å². The zero-order valence-corrected chi connectivity index (χ0v) is 11.1. The average Bonchev–Trinajstić information content (AvgIpc) is 2.96. The van der Waals surface area contributed by atoms with Crippen LogP contribution < -0.4 is 0 Å². The van der Waals surface area contributed by atoms with Gasteiger partial charge in [-0.05, 0) is 18.2 Å². The van der Waals surface area contributed by atoms with Crippen LogP contribution in [0.3, 0.4) is 0 Å². The largest absolute Gasteiger partial charge is 0.247 e. The van der Waals surface area contributed by atoms with Crippen molar-refractivity contribution in [3.05, 3.63) is 47.1 Å². The Morgan fingerprint density at radius 1 is 1.14 bits per heavy atom. The Morgan fingerprint density at radius 3 is 2.57 bits per heavy atom. The van der Waals surface area contributed by atoms with Crippen molar-refractivity contribution in [3.8, 4) is 28.7 Å². The molecule has 0 saturated heterocycles. The molecule has 3 rings (SSSR count). The molecule has 8 heteroatoms. The van der Waals surface area contributed by atoms with Crippen LogP contribution in [0, 0.1) is 17.1 Å². The first-order valence-corrected chi connectivity index (χ1v) is 6.15. The second kappa shape index (κ2) is 5.26. The van der Waals surface area contributed by atoms with E-state index in [0.717, 1.165) is 12.4 Å². The first kappa shape index (κ1) is 13.1. The molecule has 0 aliphatic carbocycles. The van der Waals surface area contributed by atoms with E-state index in [1.807, 2.05) is 6.07 Å². The first-order valence-electron chi connectivity index (χ1n) is 5.77. The van der Waals surface area contributed by atoms with Gasteiger partial charge >= 0.3 is 0 Å². The number of H-pyrrole nitrogens is 1. The predicted octanol–water partition coefficient (Wildman–Crippen LogP) is 2.59. The van der Waals surface area contributed by atoms with Gasteiger partial charge in [-0.3, -0.25) is 0 Å². The molecular weight excluding hydrogens is 295 g/mol. The fraction of sp³-hybridized carbons (Fsp3) is 0. The summed E-state index contributed by atoms with van der Waals surface area (Å²) < 4.78 is 12.9. The standard InChI is InChI=1S/C13H6ClFN6/c14-9-2-7(12-11(4-16)19-21-20-12)1-8(3-9)13-17-5-10(15)6-18-13/h1-3,5-6H,(H,19,20,21). The van der Waals surface area contributed by atoms with Gasteiger partial charge in [-0.1, -0.05) is 16.8 Å². The number of aromatic nitrogens is 5. The summed E-state index contributed by atoms with van der Waals surface area (Å²) in [6.07, 6.45) is 2.14. The van der Waals surface area contributed by atoms with Gasteiger partial charge in [-0.2, -0.15) is 5.26 Å². The minimum absolute atomic E-state index is 0.225. The van der Waals surface area contributed by atoms with E-state index in [-0.39, 0.29) is 5.69 Å². The highest BCUT2D eigenvalue weighted by Crippen LogP contribution is 2.28. The lowest BCUT2D eigenvalue weighted by Crippen LogP contribution is -1.91. The zero-order chi connectivity index (χ0) is 14.8. The Hall–Kier alpha value is -2.85. The molecule has 0 unspecified atom stereocenters. The third-order valence-corrected chi connectivity index (χ3v) is 2.93. The fourth-order valence-electron chi connectivity index (χ4n) is 1.82. The summed E-state index contributed by atoms with van der Waals surface area (Å²) in [5, 5.41) is 19.4. The Labute approximate surface area is 123 Å². The molecule has 0 amide bonds. The van der Waals surface area contributed by atoms with E-state index in [2.05, 4.69) is 25.4 Å². The molecule has 3 aromatic rings. The lowest BCUT2D eigenvalue weighted by Gasteiger charge is -2.04. The summed E-state index contributed by atoms with van der Waals surface area (Å²) >= 11 is 6.07. The zero-order valence-electron chi connectivity index (χ0n) is 10.4. The Balaban J connectivity index is 2.13. The predicted molar refractivity (Wildman–Crippen MR) is 72.5 cm³/mol. The minimum atomic E-state index is -0.524. The van der Waals surface area contributed by atoms with Crippen LogP contribution in [-0.2, 0) is 0 Å². The molecule has 0 aliphatic heterocycles. The van der Waals surface area contributed by atoms with Crippen molar-refractivity contribution in [2.45, 2.75) is 0 Å². The lowest BCUT2D eigenvalue weighted by atomic mass is 10.1. The SMILES string of the molecule is N#Cc1[nH]nnc1-c1cc(Cl)cc(-c2ncc(F)cn2)c1. The van der Waals surface area contributed by atoms with Crippen molar-refractivity contribution in [1.29, 1.82) is 5.26 Å². The molecule has 21 heavy (non-hydrogen) atoms. The third-order valence-electron chi connectivity index (χ3n) is 2.71. The van der Waals surface area contributed by atoms with Crippen LogP contribution in [0.1, 0.15) is 5.69 Å². The molecule has 1 N–H and O–H groups in total. The Morgan fingerprint density at radius 2 is 1.86 bits per heavy atom. The lowest BCUT2D eigenvalue weighted by molar-refractivity contribution is 0.614. The van der Waals surface area contributed by atoms with Crippen molar-refractivity contribution >= 4 is 11.6 Å². The van der Waals surface area contributed by atoms with Crippen molar-refractivity contribution in [1.82, 2.24) is 25.4 Å². The molecule has 2 aromatic heterocycles. The molecule has 0 atom stereocenters. The van der Waals surface area contributed by atoms with Crippen molar-refractivity contribution in [3.63, 3.8) is 0 Å². The van der Waals surface area contributed by atoms with Gasteiger partial charge in [-0.15, -0.1) is 5.10 Å².